The van der Waals surface area contributed by atoms with E-state index in [1.54, 1.807) is 0 Å². The second-order valence-corrected chi connectivity index (χ2v) is 19.6. The molecule has 14 nitrogen and oxygen atoms in total. The van der Waals surface area contributed by atoms with Crippen LogP contribution in [0.15, 0.2) is 73.1 Å². The lowest BCUT2D eigenvalue weighted by atomic mass is 9.85. The molecule has 4 heterocycles. The zero-order valence-electron chi connectivity index (χ0n) is 37.2. The summed E-state index contributed by atoms with van der Waals surface area (Å²) in [5.74, 6) is 1.52. The van der Waals surface area contributed by atoms with Crippen LogP contribution in [0.25, 0.3) is 44.4 Å². The Hall–Kier alpha value is -6.18. The summed E-state index contributed by atoms with van der Waals surface area (Å²) in [6.07, 6.45) is 8.40. The number of aromatic nitrogens is 4. The van der Waals surface area contributed by atoms with Gasteiger partial charge in [-0.05, 0) is 101 Å². The van der Waals surface area contributed by atoms with Gasteiger partial charge in [0, 0.05) is 18.2 Å². The molecular weight excluding hydrogens is 797 g/mol. The van der Waals surface area contributed by atoms with Crippen molar-refractivity contribution in [3.8, 4) is 33.6 Å². The highest BCUT2D eigenvalue weighted by Gasteiger charge is 2.55. The lowest BCUT2D eigenvalue weighted by molar-refractivity contribution is -0.141. The molecule has 63 heavy (non-hydrogen) atoms. The Kier molecular flexibility index (Phi) is 10.8. The number of rotatable bonds is 10. The summed E-state index contributed by atoms with van der Waals surface area (Å²) in [6.45, 7) is 10.4. The number of amides is 4. The fourth-order valence-corrected chi connectivity index (χ4v) is 10.3. The first kappa shape index (κ1) is 42.1. The number of aromatic amines is 2. The number of nitrogens with zero attached hydrogens (tertiary/aromatic N) is 4. The molecule has 330 valence electrons. The van der Waals surface area contributed by atoms with E-state index in [0.717, 1.165) is 94.6 Å². The molecule has 5 aromatic rings. The Morgan fingerprint density at radius 1 is 0.762 bits per heavy atom. The standard InChI is InChI=1S/C49H58N8O6/c1-27(2)39(54-46(60)62-6)44(58)56-26-49(18-19-49)23-38(56)42-50-25-37(52-42)33-15-14-31-20-30(12-13-32(31)21-33)28-8-10-29(11-9-28)36-24-51-43(53-36)40-34-16-17-35(22-34)57(40)45(59)41(48(3,4)5)55-47(61)63-7/h8-15,20-21,24-25,27,34-35,38-41H,16-19,22-23,26H2,1-7H3,(H,50,52)(H,51,53)(H,54,60)(H,55,61). The van der Waals surface area contributed by atoms with E-state index in [-0.39, 0.29) is 41.3 Å². The monoisotopic (exact) mass is 854 g/mol. The Labute approximate surface area is 367 Å². The number of hydrogen-bond acceptors (Lipinski definition) is 8. The maximum atomic E-state index is 14.2. The maximum Gasteiger partial charge on any atom is 0.407 e. The van der Waals surface area contributed by atoms with Gasteiger partial charge in [0.1, 0.15) is 23.7 Å². The van der Waals surface area contributed by atoms with Crippen molar-refractivity contribution < 1.29 is 28.7 Å². The van der Waals surface area contributed by atoms with Gasteiger partial charge in [-0.3, -0.25) is 9.59 Å². The third kappa shape index (κ3) is 8.04. The van der Waals surface area contributed by atoms with Gasteiger partial charge in [-0.15, -0.1) is 0 Å². The van der Waals surface area contributed by atoms with Gasteiger partial charge >= 0.3 is 12.2 Å². The number of carbonyl (C=O) groups excluding carboxylic acids is 4. The number of fused-ring (bicyclic) bond motifs is 3. The van der Waals surface area contributed by atoms with Crippen molar-refractivity contribution in [1.29, 1.82) is 0 Å². The van der Waals surface area contributed by atoms with Crippen LogP contribution in [0.4, 0.5) is 9.59 Å². The summed E-state index contributed by atoms with van der Waals surface area (Å²) in [5.41, 5.74) is 5.57. The van der Waals surface area contributed by atoms with Crippen LogP contribution in [-0.4, -0.2) is 92.6 Å². The first-order valence-corrected chi connectivity index (χ1v) is 22.2. The molecule has 1 spiro atoms. The highest BCUT2D eigenvalue weighted by molar-refractivity contribution is 5.91. The van der Waals surface area contributed by atoms with E-state index in [1.807, 2.05) is 56.8 Å². The molecular formula is C49H58N8O6. The van der Waals surface area contributed by atoms with E-state index < -0.39 is 29.7 Å². The van der Waals surface area contributed by atoms with Crippen LogP contribution < -0.4 is 10.6 Å². The van der Waals surface area contributed by atoms with Gasteiger partial charge in [-0.2, -0.15) is 0 Å². The molecule has 2 saturated heterocycles. The second kappa shape index (κ2) is 16.2. The highest BCUT2D eigenvalue weighted by Crippen LogP contribution is 2.58. The average Bonchev–Trinajstić information content (AvgIpc) is 3.91. The molecule has 2 saturated carbocycles. The van der Waals surface area contributed by atoms with Gasteiger partial charge < -0.3 is 39.9 Å². The number of imidazole rings is 2. The Morgan fingerprint density at radius 3 is 2.00 bits per heavy atom. The molecule has 2 bridgehead atoms. The van der Waals surface area contributed by atoms with Gasteiger partial charge in [-0.1, -0.05) is 83.1 Å². The largest absolute Gasteiger partial charge is 0.453 e. The first-order valence-electron chi connectivity index (χ1n) is 22.2. The normalized spacial score (nSPS) is 22.1. The zero-order chi connectivity index (χ0) is 44.4. The van der Waals surface area contributed by atoms with Crippen molar-refractivity contribution in [3.63, 3.8) is 0 Å². The van der Waals surface area contributed by atoms with Crippen molar-refractivity contribution in [1.82, 2.24) is 40.4 Å². The number of likely N-dealkylation sites (tertiary alicyclic amines) is 2. The summed E-state index contributed by atoms with van der Waals surface area (Å²) in [5, 5.41) is 7.77. The third-order valence-electron chi connectivity index (χ3n) is 14.0. The van der Waals surface area contributed by atoms with Crippen LogP contribution in [0.5, 0.6) is 0 Å². The second-order valence-electron chi connectivity index (χ2n) is 19.6. The van der Waals surface area contributed by atoms with Gasteiger partial charge in [0.05, 0.1) is 50.1 Å². The summed E-state index contributed by atoms with van der Waals surface area (Å²) in [7, 11) is 2.62. The molecule has 14 heteroatoms. The number of methoxy groups -OCH3 is 2. The number of piperidine rings is 1. The predicted molar refractivity (Wildman–Crippen MR) is 239 cm³/mol. The molecule has 6 unspecified atom stereocenters. The van der Waals surface area contributed by atoms with E-state index >= 15 is 0 Å². The van der Waals surface area contributed by atoms with Crippen molar-refractivity contribution in [2.75, 3.05) is 20.8 Å². The van der Waals surface area contributed by atoms with Crippen LogP contribution in [0.2, 0.25) is 0 Å². The fraction of sp³-hybridized carbons (Fsp3) is 0.469. The van der Waals surface area contributed by atoms with Gasteiger partial charge in [0.15, 0.2) is 0 Å². The number of benzene rings is 3. The van der Waals surface area contributed by atoms with Crippen molar-refractivity contribution >= 4 is 34.8 Å². The predicted octanol–water partition coefficient (Wildman–Crippen LogP) is 8.54. The van der Waals surface area contributed by atoms with E-state index in [9.17, 15) is 19.2 Å². The van der Waals surface area contributed by atoms with E-state index in [4.69, 9.17) is 19.4 Å². The average molecular weight is 855 g/mol. The Bertz CT molecular complexity index is 2550. The van der Waals surface area contributed by atoms with Crippen molar-refractivity contribution in [3.05, 3.63) is 84.7 Å². The van der Waals surface area contributed by atoms with E-state index in [2.05, 4.69) is 81.3 Å². The smallest absolute Gasteiger partial charge is 0.407 e. The molecule has 3 aromatic carbocycles. The highest BCUT2D eigenvalue weighted by atomic mass is 16.5. The molecule has 4 N–H and O–H groups in total. The van der Waals surface area contributed by atoms with Gasteiger partial charge in [-0.25, -0.2) is 19.6 Å². The first-order chi connectivity index (χ1) is 30.1. The minimum Gasteiger partial charge on any atom is -0.453 e. The number of ether oxygens (including phenoxy) is 2. The minimum absolute atomic E-state index is 0.102. The van der Waals surface area contributed by atoms with Crippen LogP contribution in [0.3, 0.4) is 0 Å². The van der Waals surface area contributed by atoms with Gasteiger partial charge in [0.2, 0.25) is 11.8 Å². The van der Waals surface area contributed by atoms with E-state index in [1.165, 1.54) is 14.2 Å². The molecule has 6 atom stereocenters. The van der Waals surface area contributed by atoms with Crippen LogP contribution in [0, 0.1) is 22.7 Å². The number of nitrogens with one attached hydrogen (secondary N) is 4. The SMILES string of the molecule is COC(=O)NC(C(=O)N1CC2(CC2)CC1c1ncc(-c2ccc3cc(-c4ccc(-c5cnc(C6C7CCC(C7)N6C(=O)C(NC(=O)OC)C(C)(C)C)[nH]5)cc4)ccc3c2)[nH]1)C(C)C. The maximum absolute atomic E-state index is 14.2. The quantitative estimate of drug-likeness (QED) is 0.108. The van der Waals surface area contributed by atoms with Gasteiger partial charge in [0.25, 0.3) is 0 Å². The van der Waals surface area contributed by atoms with E-state index in [0.29, 0.717) is 12.5 Å². The summed E-state index contributed by atoms with van der Waals surface area (Å²) in [6, 6.07) is 19.6. The topological polar surface area (TPSA) is 175 Å². The van der Waals surface area contributed by atoms with Crippen molar-refractivity contribution in [2.45, 2.75) is 103 Å². The molecule has 4 fully saturated rings. The molecule has 4 amide bonds. The molecule has 0 radical (unpaired) electrons. The lowest BCUT2D eigenvalue weighted by Gasteiger charge is -2.40. The number of hydrogen-bond donors (Lipinski definition) is 4. The Balaban J connectivity index is 0.896. The summed E-state index contributed by atoms with van der Waals surface area (Å²) in [4.78, 5) is 73.1. The summed E-state index contributed by atoms with van der Waals surface area (Å²) < 4.78 is 9.70. The lowest BCUT2D eigenvalue weighted by Crippen LogP contribution is -2.56. The number of alkyl carbamates (subject to hydrolysis) is 2. The molecule has 9 rings (SSSR count). The number of H-pyrrole nitrogens is 2. The Morgan fingerprint density at radius 2 is 1.35 bits per heavy atom. The van der Waals surface area contributed by atoms with Crippen LogP contribution in [-0.2, 0) is 19.1 Å². The summed E-state index contributed by atoms with van der Waals surface area (Å²) >= 11 is 0. The van der Waals surface area contributed by atoms with Crippen molar-refractivity contribution in [2.24, 2.45) is 22.7 Å². The van der Waals surface area contributed by atoms with Crippen LogP contribution in [0.1, 0.15) is 96.9 Å². The zero-order valence-corrected chi connectivity index (χ0v) is 37.2. The molecule has 2 aliphatic heterocycles. The third-order valence-corrected chi connectivity index (χ3v) is 14.0. The molecule has 4 aliphatic rings. The molecule has 2 aliphatic carbocycles. The van der Waals surface area contributed by atoms with Crippen LogP contribution >= 0.6 is 0 Å². The number of carbonyl (C=O) groups is 4. The molecule has 2 aromatic heterocycles. The minimum atomic E-state index is -0.734. The fourth-order valence-electron chi connectivity index (χ4n) is 10.3.